The second kappa shape index (κ2) is 7.24. The first-order valence-corrected chi connectivity index (χ1v) is 10.2. The molecule has 0 fully saturated rings. The lowest BCUT2D eigenvalue weighted by molar-refractivity contribution is 0.0940. The van der Waals surface area contributed by atoms with Crippen LogP contribution in [0.4, 0.5) is 0 Å². The molecule has 0 bridgehead atoms. The fraction of sp³-hybridized carbons (Fsp3) is 0.286. The molecular formula is C21H22N4O2S. The number of hydrogen-bond donors (Lipinski definition) is 1. The van der Waals surface area contributed by atoms with Crippen molar-refractivity contribution < 1.29 is 4.79 Å². The lowest BCUT2D eigenvalue weighted by Gasteiger charge is -2.11. The molecule has 0 aliphatic carbocycles. The molecule has 0 spiro atoms. The summed E-state index contributed by atoms with van der Waals surface area (Å²) in [6.45, 7) is 6.98. The van der Waals surface area contributed by atoms with Crippen molar-refractivity contribution in [1.29, 1.82) is 0 Å². The van der Waals surface area contributed by atoms with E-state index in [2.05, 4.69) is 10.3 Å². The van der Waals surface area contributed by atoms with Gasteiger partial charge in [-0.3, -0.25) is 13.9 Å². The number of amides is 1. The minimum atomic E-state index is -0.200. The molecule has 0 aliphatic rings. The van der Waals surface area contributed by atoms with Crippen molar-refractivity contribution >= 4 is 38.5 Å². The number of para-hydroxylation sites is 1. The molecule has 1 atom stereocenters. The van der Waals surface area contributed by atoms with E-state index in [1.54, 1.807) is 32.6 Å². The molecule has 2 aromatic heterocycles. The molecule has 1 amide bonds. The highest BCUT2D eigenvalue weighted by atomic mass is 32.1. The molecule has 144 valence electrons. The Balaban J connectivity index is 1.64. The SMILES string of the molecule is CCn1c(=O)n(CC)c2cc(C(=O)N[C@H](C)c3nc4ccccc4s3)ccc21. The number of imidazole rings is 1. The molecule has 4 aromatic rings. The summed E-state index contributed by atoms with van der Waals surface area (Å²) < 4.78 is 4.53. The molecule has 0 radical (unpaired) electrons. The summed E-state index contributed by atoms with van der Waals surface area (Å²) in [7, 11) is 0. The predicted molar refractivity (Wildman–Crippen MR) is 113 cm³/mol. The van der Waals surface area contributed by atoms with Crippen molar-refractivity contribution in [3.63, 3.8) is 0 Å². The van der Waals surface area contributed by atoms with E-state index in [0.717, 1.165) is 26.3 Å². The van der Waals surface area contributed by atoms with Gasteiger partial charge in [0, 0.05) is 18.7 Å². The van der Waals surface area contributed by atoms with E-state index in [0.29, 0.717) is 18.7 Å². The molecule has 0 aliphatic heterocycles. The van der Waals surface area contributed by atoms with Crippen LogP contribution >= 0.6 is 11.3 Å². The highest BCUT2D eigenvalue weighted by Gasteiger charge is 2.17. The fourth-order valence-electron chi connectivity index (χ4n) is 3.49. The number of carbonyl (C=O) groups is 1. The zero-order valence-corrected chi connectivity index (χ0v) is 16.9. The Morgan fingerprint density at radius 3 is 2.54 bits per heavy atom. The van der Waals surface area contributed by atoms with Gasteiger partial charge in [0.1, 0.15) is 5.01 Å². The lowest BCUT2D eigenvalue weighted by Crippen LogP contribution is -2.26. The molecule has 28 heavy (non-hydrogen) atoms. The third-order valence-corrected chi connectivity index (χ3v) is 6.16. The van der Waals surface area contributed by atoms with Crippen molar-refractivity contribution in [2.45, 2.75) is 39.9 Å². The van der Waals surface area contributed by atoms with Gasteiger partial charge in [0.05, 0.1) is 27.3 Å². The quantitative estimate of drug-likeness (QED) is 0.557. The van der Waals surface area contributed by atoms with Crippen LogP contribution in [0.5, 0.6) is 0 Å². The van der Waals surface area contributed by atoms with Crippen LogP contribution in [-0.4, -0.2) is 20.0 Å². The van der Waals surface area contributed by atoms with Crippen LogP contribution in [0.15, 0.2) is 47.3 Å². The zero-order chi connectivity index (χ0) is 19.8. The second-order valence-electron chi connectivity index (χ2n) is 6.69. The standard InChI is InChI=1S/C21H22N4O2S/c1-4-24-16-11-10-14(12-17(16)25(5-2)21(24)27)19(26)22-13(3)20-23-15-8-6-7-9-18(15)28-20/h6-13H,4-5H2,1-3H3,(H,22,26)/t13-/m1/s1. The van der Waals surface area contributed by atoms with E-state index >= 15 is 0 Å². The van der Waals surface area contributed by atoms with Crippen molar-refractivity contribution in [2.75, 3.05) is 0 Å². The van der Waals surface area contributed by atoms with Crippen LogP contribution in [0.3, 0.4) is 0 Å². The number of thiazole rings is 1. The predicted octanol–water partition coefficient (Wildman–Crippen LogP) is 3.94. The zero-order valence-electron chi connectivity index (χ0n) is 16.1. The maximum absolute atomic E-state index is 12.8. The summed E-state index contributed by atoms with van der Waals surface area (Å²) in [5, 5.41) is 3.90. The van der Waals surface area contributed by atoms with Gasteiger partial charge >= 0.3 is 5.69 Å². The first-order chi connectivity index (χ1) is 13.5. The number of aromatic nitrogens is 3. The molecule has 6 nitrogen and oxygen atoms in total. The number of aryl methyl sites for hydroxylation is 2. The molecule has 2 aromatic carbocycles. The van der Waals surface area contributed by atoms with E-state index in [-0.39, 0.29) is 17.6 Å². The number of nitrogens with zero attached hydrogens (tertiary/aromatic N) is 3. The van der Waals surface area contributed by atoms with E-state index in [1.807, 2.05) is 51.1 Å². The number of hydrogen-bond acceptors (Lipinski definition) is 4. The molecule has 1 N–H and O–H groups in total. The monoisotopic (exact) mass is 394 g/mol. The Bertz CT molecular complexity index is 1200. The van der Waals surface area contributed by atoms with Gasteiger partial charge in [-0.1, -0.05) is 12.1 Å². The first-order valence-electron chi connectivity index (χ1n) is 9.42. The van der Waals surface area contributed by atoms with Crippen molar-refractivity contribution in [1.82, 2.24) is 19.4 Å². The summed E-state index contributed by atoms with van der Waals surface area (Å²) in [5.41, 5.74) is 3.08. The van der Waals surface area contributed by atoms with E-state index in [1.165, 1.54) is 0 Å². The summed E-state index contributed by atoms with van der Waals surface area (Å²) in [4.78, 5) is 29.9. The van der Waals surface area contributed by atoms with Crippen LogP contribution in [0.25, 0.3) is 21.3 Å². The van der Waals surface area contributed by atoms with Crippen LogP contribution in [0.1, 0.15) is 42.2 Å². The average molecular weight is 395 g/mol. The molecule has 0 unspecified atom stereocenters. The topological polar surface area (TPSA) is 68.9 Å². The molecule has 0 saturated heterocycles. The van der Waals surface area contributed by atoms with Crippen LogP contribution in [0.2, 0.25) is 0 Å². The summed E-state index contributed by atoms with van der Waals surface area (Å²) >= 11 is 1.58. The highest BCUT2D eigenvalue weighted by molar-refractivity contribution is 7.18. The summed E-state index contributed by atoms with van der Waals surface area (Å²) in [6.07, 6.45) is 0. The van der Waals surface area contributed by atoms with Gasteiger partial charge in [-0.05, 0) is 51.1 Å². The Morgan fingerprint density at radius 1 is 1.11 bits per heavy atom. The number of benzene rings is 2. The van der Waals surface area contributed by atoms with E-state index in [9.17, 15) is 9.59 Å². The van der Waals surface area contributed by atoms with Crippen molar-refractivity contribution in [3.05, 3.63) is 63.5 Å². The second-order valence-corrected chi connectivity index (χ2v) is 7.75. The Hall–Kier alpha value is -2.93. The first kappa shape index (κ1) is 18.4. The van der Waals surface area contributed by atoms with Crippen LogP contribution < -0.4 is 11.0 Å². The Kier molecular flexibility index (Phi) is 4.77. The highest BCUT2D eigenvalue weighted by Crippen LogP contribution is 2.26. The maximum atomic E-state index is 12.8. The average Bonchev–Trinajstić information content (AvgIpc) is 3.25. The third-order valence-electron chi connectivity index (χ3n) is 4.94. The van der Waals surface area contributed by atoms with E-state index < -0.39 is 0 Å². The number of nitrogens with one attached hydrogen (secondary N) is 1. The van der Waals surface area contributed by atoms with E-state index in [4.69, 9.17) is 0 Å². The molecular weight excluding hydrogens is 372 g/mol. The minimum Gasteiger partial charge on any atom is -0.343 e. The maximum Gasteiger partial charge on any atom is 0.329 e. The Labute approximate surface area is 166 Å². The smallest absolute Gasteiger partial charge is 0.329 e. The van der Waals surface area contributed by atoms with Gasteiger partial charge in [-0.2, -0.15) is 0 Å². The van der Waals surface area contributed by atoms with Crippen molar-refractivity contribution in [3.8, 4) is 0 Å². The largest absolute Gasteiger partial charge is 0.343 e. The lowest BCUT2D eigenvalue weighted by atomic mass is 10.1. The summed E-state index contributed by atoms with van der Waals surface area (Å²) in [5.74, 6) is -0.173. The molecule has 0 saturated carbocycles. The van der Waals surface area contributed by atoms with Gasteiger partial charge in [0.25, 0.3) is 5.91 Å². The van der Waals surface area contributed by atoms with Gasteiger partial charge < -0.3 is 5.32 Å². The third kappa shape index (κ3) is 3.01. The minimum absolute atomic E-state index is 0.0413. The fourth-order valence-corrected chi connectivity index (χ4v) is 4.46. The normalized spacial score (nSPS) is 12.5. The van der Waals surface area contributed by atoms with Gasteiger partial charge in [0.15, 0.2) is 0 Å². The molecule has 7 heteroatoms. The van der Waals surface area contributed by atoms with Gasteiger partial charge in [-0.25, -0.2) is 9.78 Å². The molecule has 4 rings (SSSR count). The van der Waals surface area contributed by atoms with Gasteiger partial charge in [-0.15, -0.1) is 11.3 Å². The summed E-state index contributed by atoms with van der Waals surface area (Å²) in [6, 6.07) is 13.2. The Morgan fingerprint density at radius 2 is 1.82 bits per heavy atom. The molecule has 2 heterocycles. The number of carbonyl (C=O) groups excluding carboxylic acids is 1. The van der Waals surface area contributed by atoms with Crippen molar-refractivity contribution in [2.24, 2.45) is 0 Å². The van der Waals surface area contributed by atoms with Crippen LogP contribution in [-0.2, 0) is 13.1 Å². The number of rotatable bonds is 5. The van der Waals surface area contributed by atoms with Gasteiger partial charge in [0.2, 0.25) is 0 Å². The number of fused-ring (bicyclic) bond motifs is 2. The van der Waals surface area contributed by atoms with Crippen LogP contribution in [0, 0.1) is 0 Å².